The first kappa shape index (κ1) is 19.6. The molecule has 1 aliphatic rings. The molecule has 0 radical (unpaired) electrons. The van der Waals surface area contributed by atoms with Crippen LogP contribution in [0.5, 0.6) is 0 Å². The number of nitrogens with zero attached hydrogens (tertiary/aromatic N) is 1. The minimum absolute atomic E-state index is 0.0219. The molecular formula is C22H28N2O2S. The topological polar surface area (TPSA) is 49.4 Å². The minimum atomic E-state index is -0.158. The molecule has 1 aliphatic heterocycles. The second kappa shape index (κ2) is 9.18. The van der Waals surface area contributed by atoms with Crippen LogP contribution in [0.3, 0.4) is 0 Å². The molecule has 1 aromatic heterocycles. The van der Waals surface area contributed by atoms with Crippen LogP contribution in [0.1, 0.15) is 44.9 Å². The van der Waals surface area contributed by atoms with E-state index in [1.165, 1.54) is 28.9 Å². The Labute approximate surface area is 165 Å². The zero-order valence-corrected chi connectivity index (χ0v) is 17.0. The lowest BCUT2D eigenvalue weighted by Crippen LogP contribution is -2.44. The summed E-state index contributed by atoms with van der Waals surface area (Å²) in [5.41, 5.74) is 2.69. The lowest BCUT2D eigenvalue weighted by Gasteiger charge is -2.32. The van der Waals surface area contributed by atoms with E-state index in [9.17, 15) is 9.59 Å². The molecule has 0 bridgehead atoms. The summed E-state index contributed by atoms with van der Waals surface area (Å²) in [6, 6.07) is 12.5. The predicted octanol–water partition coefficient (Wildman–Crippen LogP) is 3.97. The number of carbonyl (C=O) groups excluding carboxylic acids is 2. The average molecular weight is 385 g/mol. The van der Waals surface area contributed by atoms with E-state index in [4.69, 9.17) is 0 Å². The van der Waals surface area contributed by atoms with Crippen LogP contribution in [0.15, 0.2) is 36.4 Å². The van der Waals surface area contributed by atoms with E-state index in [-0.39, 0.29) is 18.4 Å². The number of likely N-dealkylation sites (tertiary alicyclic amines) is 1. The predicted molar refractivity (Wildman–Crippen MR) is 110 cm³/mol. The van der Waals surface area contributed by atoms with Crippen molar-refractivity contribution in [1.29, 1.82) is 0 Å². The summed E-state index contributed by atoms with van der Waals surface area (Å²) in [5, 5.41) is 2.75. The fourth-order valence-corrected chi connectivity index (χ4v) is 4.29. The fourth-order valence-electron chi connectivity index (χ4n) is 3.51. The highest BCUT2D eigenvalue weighted by atomic mass is 32.1. The van der Waals surface area contributed by atoms with E-state index < -0.39 is 0 Å². The first-order valence-electron chi connectivity index (χ1n) is 9.69. The minimum Gasteiger partial charge on any atom is -0.342 e. The highest BCUT2D eigenvalue weighted by Crippen LogP contribution is 2.22. The fraction of sp³-hybridized carbons (Fsp3) is 0.455. The third kappa shape index (κ3) is 5.67. The van der Waals surface area contributed by atoms with Gasteiger partial charge in [-0.05, 0) is 63.1 Å². The molecule has 144 valence electrons. The lowest BCUT2D eigenvalue weighted by molar-refractivity contribution is -0.131. The van der Waals surface area contributed by atoms with Gasteiger partial charge in [0.2, 0.25) is 5.91 Å². The van der Waals surface area contributed by atoms with Gasteiger partial charge in [0, 0.05) is 18.0 Å². The number of nitrogens with one attached hydrogen (secondary N) is 1. The standard InChI is InChI=1S/C22H28N2O2S/c1-16-3-6-18(7-4-16)8-9-19-11-13-24(14-12-19)21(25)15-23-22(26)20-10-5-17(2)27-20/h3-7,10,19H,8-9,11-15H2,1-2H3,(H,23,26). The monoisotopic (exact) mass is 384 g/mol. The Bertz CT molecular complexity index is 774. The van der Waals surface area contributed by atoms with Crippen molar-refractivity contribution in [3.8, 4) is 0 Å². The Morgan fingerprint density at radius 2 is 1.78 bits per heavy atom. The van der Waals surface area contributed by atoms with Gasteiger partial charge in [-0.25, -0.2) is 0 Å². The van der Waals surface area contributed by atoms with Gasteiger partial charge in [-0.2, -0.15) is 0 Å². The summed E-state index contributed by atoms with van der Waals surface area (Å²) in [6.07, 6.45) is 4.39. The van der Waals surface area contributed by atoms with Crippen LogP contribution in [-0.4, -0.2) is 36.3 Å². The molecule has 2 aromatic rings. The van der Waals surface area contributed by atoms with Gasteiger partial charge >= 0.3 is 0 Å². The first-order valence-corrected chi connectivity index (χ1v) is 10.5. The van der Waals surface area contributed by atoms with Gasteiger partial charge in [-0.1, -0.05) is 29.8 Å². The molecule has 1 aromatic carbocycles. The number of thiophene rings is 1. The number of benzene rings is 1. The van der Waals surface area contributed by atoms with Crippen molar-refractivity contribution in [1.82, 2.24) is 10.2 Å². The number of hydrogen-bond donors (Lipinski definition) is 1. The third-order valence-electron chi connectivity index (χ3n) is 5.29. The quantitative estimate of drug-likeness (QED) is 0.819. The molecule has 2 heterocycles. The van der Waals surface area contributed by atoms with Crippen LogP contribution in [0.25, 0.3) is 0 Å². The Kier molecular flexibility index (Phi) is 6.67. The maximum absolute atomic E-state index is 12.4. The molecule has 2 amide bonds. The van der Waals surface area contributed by atoms with Gasteiger partial charge in [0.15, 0.2) is 0 Å². The summed E-state index contributed by atoms with van der Waals surface area (Å²) in [4.78, 5) is 28.1. The molecule has 4 nitrogen and oxygen atoms in total. The lowest BCUT2D eigenvalue weighted by atomic mass is 9.90. The number of piperidine rings is 1. The molecular weight excluding hydrogens is 356 g/mol. The zero-order valence-electron chi connectivity index (χ0n) is 16.2. The van der Waals surface area contributed by atoms with E-state index in [1.807, 2.05) is 17.9 Å². The van der Waals surface area contributed by atoms with Gasteiger partial charge in [0.1, 0.15) is 0 Å². The molecule has 1 fully saturated rings. The Morgan fingerprint density at radius 1 is 1.07 bits per heavy atom. The van der Waals surface area contributed by atoms with Crippen LogP contribution in [0, 0.1) is 19.8 Å². The second-order valence-corrected chi connectivity index (χ2v) is 8.73. The molecule has 5 heteroatoms. The summed E-state index contributed by atoms with van der Waals surface area (Å²) in [7, 11) is 0. The number of hydrogen-bond acceptors (Lipinski definition) is 3. The SMILES string of the molecule is Cc1ccc(CCC2CCN(C(=O)CNC(=O)c3ccc(C)s3)CC2)cc1. The number of carbonyl (C=O) groups is 2. The Hall–Kier alpha value is -2.14. The largest absolute Gasteiger partial charge is 0.342 e. The van der Waals surface area contributed by atoms with Crippen molar-refractivity contribution in [3.05, 3.63) is 57.3 Å². The molecule has 0 unspecified atom stereocenters. The Morgan fingerprint density at radius 3 is 2.41 bits per heavy atom. The van der Waals surface area contributed by atoms with Crippen molar-refractivity contribution in [2.24, 2.45) is 5.92 Å². The van der Waals surface area contributed by atoms with E-state index in [2.05, 4.69) is 36.5 Å². The van der Waals surface area contributed by atoms with Crippen molar-refractivity contribution in [3.63, 3.8) is 0 Å². The number of amides is 2. The van der Waals surface area contributed by atoms with Crippen molar-refractivity contribution in [2.45, 2.75) is 39.5 Å². The highest BCUT2D eigenvalue weighted by molar-refractivity contribution is 7.13. The normalized spacial score (nSPS) is 15.0. The molecule has 3 rings (SSSR count). The summed E-state index contributed by atoms with van der Waals surface area (Å²) in [6.45, 7) is 5.76. The van der Waals surface area contributed by atoms with Crippen molar-refractivity contribution < 1.29 is 9.59 Å². The van der Waals surface area contributed by atoms with Gasteiger partial charge in [-0.3, -0.25) is 9.59 Å². The average Bonchev–Trinajstić information content (AvgIpc) is 3.12. The summed E-state index contributed by atoms with van der Waals surface area (Å²) in [5.74, 6) is 0.544. The van der Waals surface area contributed by atoms with Crippen LogP contribution in [0.4, 0.5) is 0 Å². The smallest absolute Gasteiger partial charge is 0.261 e. The van der Waals surface area contributed by atoms with Crippen LogP contribution >= 0.6 is 11.3 Å². The zero-order chi connectivity index (χ0) is 19.2. The molecule has 27 heavy (non-hydrogen) atoms. The van der Waals surface area contributed by atoms with Gasteiger partial charge < -0.3 is 10.2 Å². The number of rotatable bonds is 6. The third-order valence-corrected chi connectivity index (χ3v) is 6.29. The molecule has 0 aliphatic carbocycles. The summed E-state index contributed by atoms with van der Waals surface area (Å²) < 4.78 is 0. The second-order valence-electron chi connectivity index (χ2n) is 7.44. The Balaban J connectivity index is 1.37. The van der Waals surface area contributed by atoms with Gasteiger partial charge in [0.05, 0.1) is 11.4 Å². The summed E-state index contributed by atoms with van der Waals surface area (Å²) >= 11 is 1.45. The van der Waals surface area contributed by atoms with Crippen molar-refractivity contribution in [2.75, 3.05) is 19.6 Å². The van der Waals surface area contributed by atoms with E-state index in [0.717, 1.165) is 37.2 Å². The van der Waals surface area contributed by atoms with Gasteiger partial charge in [0.25, 0.3) is 5.91 Å². The molecule has 0 saturated carbocycles. The van der Waals surface area contributed by atoms with Crippen LogP contribution in [0.2, 0.25) is 0 Å². The van der Waals surface area contributed by atoms with E-state index in [1.54, 1.807) is 6.07 Å². The first-order chi connectivity index (χ1) is 13.0. The maximum atomic E-state index is 12.4. The molecule has 1 saturated heterocycles. The van der Waals surface area contributed by atoms with E-state index in [0.29, 0.717) is 10.8 Å². The van der Waals surface area contributed by atoms with Crippen molar-refractivity contribution >= 4 is 23.2 Å². The molecule has 1 N–H and O–H groups in total. The van der Waals surface area contributed by atoms with Crippen LogP contribution in [-0.2, 0) is 11.2 Å². The van der Waals surface area contributed by atoms with Gasteiger partial charge in [-0.15, -0.1) is 11.3 Å². The van der Waals surface area contributed by atoms with E-state index >= 15 is 0 Å². The maximum Gasteiger partial charge on any atom is 0.261 e. The highest BCUT2D eigenvalue weighted by Gasteiger charge is 2.23. The molecule has 0 spiro atoms. The number of aryl methyl sites for hydroxylation is 3. The molecule has 0 atom stereocenters. The van der Waals surface area contributed by atoms with Crippen LogP contribution < -0.4 is 5.32 Å².